The van der Waals surface area contributed by atoms with E-state index in [0.717, 1.165) is 69.2 Å². The fourth-order valence-corrected chi connectivity index (χ4v) is 11.0. The van der Waals surface area contributed by atoms with Crippen molar-refractivity contribution < 1.29 is 15.0 Å². The molecule has 1 aromatic rings. The highest BCUT2D eigenvalue weighted by Crippen LogP contribution is 2.75. The maximum absolute atomic E-state index is 12.9. The smallest absolute Gasteiger partial charge is 0.310 e. The Labute approximate surface area is 222 Å². The lowest BCUT2D eigenvalue weighted by Crippen LogP contribution is -2.65. The Kier molecular flexibility index (Phi) is 5.29. The number of carbonyl (C=O) groups is 1. The van der Waals surface area contributed by atoms with E-state index in [-0.39, 0.29) is 39.6 Å². The van der Waals surface area contributed by atoms with Crippen LogP contribution in [0.4, 0.5) is 0 Å². The second kappa shape index (κ2) is 7.67. The number of aromatic nitrogens is 2. The summed E-state index contributed by atoms with van der Waals surface area (Å²) in [6.45, 7) is 14.5. The molecule has 8 unspecified atom stereocenters. The molecule has 5 aliphatic rings. The number of aliphatic hydroxyl groups is 1. The van der Waals surface area contributed by atoms with Crippen LogP contribution in [-0.4, -0.2) is 32.8 Å². The highest BCUT2D eigenvalue weighted by molar-refractivity contribution is 5.76. The van der Waals surface area contributed by atoms with Crippen LogP contribution in [0.1, 0.15) is 104 Å². The highest BCUT2D eigenvalue weighted by atomic mass is 16.4. The van der Waals surface area contributed by atoms with E-state index in [2.05, 4.69) is 47.6 Å². The first kappa shape index (κ1) is 25.5. The number of carboxylic acid groups (broad SMARTS) is 1. The van der Waals surface area contributed by atoms with Gasteiger partial charge in [0, 0.05) is 17.8 Å². The number of carboxylic acids is 1. The van der Waals surface area contributed by atoms with Gasteiger partial charge < -0.3 is 10.2 Å². The van der Waals surface area contributed by atoms with Crippen LogP contribution >= 0.6 is 0 Å². The van der Waals surface area contributed by atoms with Crippen LogP contribution < -0.4 is 0 Å². The van der Waals surface area contributed by atoms with E-state index in [1.165, 1.54) is 5.57 Å². The van der Waals surface area contributed by atoms with Gasteiger partial charge in [-0.2, -0.15) is 0 Å². The summed E-state index contributed by atoms with van der Waals surface area (Å²) in [5, 5.41) is 21.3. The molecule has 1 aromatic heterocycles. The van der Waals surface area contributed by atoms with Crippen molar-refractivity contribution in [3.63, 3.8) is 0 Å². The molecule has 202 valence electrons. The SMILES string of the molecule is CC1(C)CCC2(C(=O)O)CCC3(C)C(=CCC4C5(C)Cc6nccnc6C(C)(CO)C5CCC43C)C2C1. The second-order valence-electron chi connectivity index (χ2n) is 15.3. The van der Waals surface area contributed by atoms with Gasteiger partial charge in [-0.05, 0) is 97.2 Å². The topological polar surface area (TPSA) is 83.3 Å². The van der Waals surface area contributed by atoms with E-state index in [1.807, 2.05) is 0 Å². The number of aliphatic carboxylic acids is 1. The number of hydrogen-bond donors (Lipinski definition) is 2. The van der Waals surface area contributed by atoms with Crippen molar-refractivity contribution in [1.29, 1.82) is 0 Å². The van der Waals surface area contributed by atoms with Gasteiger partial charge in [0.1, 0.15) is 0 Å². The lowest BCUT2D eigenvalue weighted by Gasteiger charge is -2.70. The molecular formula is C32H46N2O3. The molecule has 5 aliphatic carbocycles. The van der Waals surface area contributed by atoms with Crippen LogP contribution in [0, 0.1) is 44.8 Å². The summed E-state index contributed by atoms with van der Waals surface area (Å²) >= 11 is 0. The molecule has 3 fully saturated rings. The average molecular weight is 507 g/mol. The number of aliphatic hydroxyl groups excluding tert-OH is 1. The molecule has 0 aliphatic heterocycles. The molecule has 6 rings (SSSR count). The van der Waals surface area contributed by atoms with Crippen LogP contribution in [0.2, 0.25) is 0 Å². The summed E-state index contributed by atoms with van der Waals surface area (Å²) in [5.74, 6) is 0.375. The normalized spacial score (nSPS) is 47.9. The molecule has 5 heteroatoms. The molecule has 0 spiro atoms. The van der Waals surface area contributed by atoms with E-state index in [0.29, 0.717) is 11.8 Å². The predicted octanol–water partition coefficient (Wildman–Crippen LogP) is 6.35. The highest BCUT2D eigenvalue weighted by Gasteiger charge is 2.69. The number of nitrogens with zero attached hydrogens (tertiary/aromatic N) is 2. The molecule has 1 heterocycles. The molecule has 3 saturated carbocycles. The van der Waals surface area contributed by atoms with Gasteiger partial charge in [-0.3, -0.25) is 14.8 Å². The van der Waals surface area contributed by atoms with Crippen LogP contribution in [-0.2, 0) is 16.6 Å². The average Bonchev–Trinajstić information content (AvgIpc) is 2.83. The van der Waals surface area contributed by atoms with E-state index in [1.54, 1.807) is 12.4 Å². The minimum atomic E-state index is -0.597. The van der Waals surface area contributed by atoms with Gasteiger partial charge in [-0.1, -0.05) is 53.2 Å². The minimum absolute atomic E-state index is 0.000801. The zero-order chi connectivity index (χ0) is 26.6. The van der Waals surface area contributed by atoms with Crippen LogP contribution in [0.25, 0.3) is 0 Å². The largest absolute Gasteiger partial charge is 0.481 e. The third-order valence-electron chi connectivity index (χ3n) is 13.3. The molecule has 0 bridgehead atoms. The number of hydrogen-bond acceptors (Lipinski definition) is 4. The quantitative estimate of drug-likeness (QED) is 0.457. The molecule has 0 radical (unpaired) electrons. The second-order valence-corrected chi connectivity index (χ2v) is 15.3. The molecule has 37 heavy (non-hydrogen) atoms. The van der Waals surface area contributed by atoms with Crippen LogP contribution in [0.5, 0.6) is 0 Å². The maximum Gasteiger partial charge on any atom is 0.310 e. The summed E-state index contributed by atoms with van der Waals surface area (Å²) in [6, 6.07) is 0. The Morgan fingerprint density at radius 2 is 1.68 bits per heavy atom. The molecular weight excluding hydrogens is 460 g/mol. The zero-order valence-corrected chi connectivity index (χ0v) is 23.7. The number of rotatable bonds is 2. The Balaban J connectivity index is 1.47. The van der Waals surface area contributed by atoms with Crippen molar-refractivity contribution in [2.75, 3.05) is 6.61 Å². The van der Waals surface area contributed by atoms with Crippen molar-refractivity contribution >= 4 is 5.97 Å². The van der Waals surface area contributed by atoms with Crippen molar-refractivity contribution in [2.24, 2.45) is 44.8 Å². The Morgan fingerprint density at radius 1 is 0.973 bits per heavy atom. The standard InChI is InChI=1S/C32H46N2O3/c1-27(2)11-13-32(26(36)37)14-12-30(5)20(21(32)17-27)7-8-24-28(3)18-22-25(34-16-15-33-22)29(4,19-35)23(28)9-10-31(24,30)6/h7,15-16,21,23-24,35H,8-14,17-19H2,1-6H3,(H,36,37). The molecule has 8 atom stereocenters. The minimum Gasteiger partial charge on any atom is -0.481 e. The van der Waals surface area contributed by atoms with E-state index in [4.69, 9.17) is 9.97 Å². The Bertz CT molecular complexity index is 1180. The summed E-state index contributed by atoms with van der Waals surface area (Å²) < 4.78 is 0. The molecule has 0 amide bonds. The predicted molar refractivity (Wildman–Crippen MR) is 144 cm³/mol. The fraction of sp³-hybridized carbons (Fsp3) is 0.781. The molecule has 0 aromatic carbocycles. The molecule has 2 N–H and O–H groups in total. The first-order chi connectivity index (χ1) is 17.3. The van der Waals surface area contributed by atoms with Crippen molar-refractivity contribution in [2.45, 2.75) is 105 Å². The van der Waals surface area contributed by atoms with Crippen molar-refractivity contribution in [1.82, 2.24) is 9.97 Å². The van der Waals surface area contributed by atoms with Crippen LogP contribution in [0.15, 0.2) is 24.0 Å². The third-order valence-corrected chi connectivity index (χ3v) is 13.3. The number of allylic oxidation sites excluding steroid dienone is 2. The summed E-state index contributed by atoms with van der Waals surface area (Å²) in [5.41, 5.74) is 2.81. The van der Waals surface area contributed by atoms with Gasteiger partial charge in [0.15, 0.2) is 0 Å². The number of fused-ring (bicyclic) bond motifs is 8. The summed E-state index contributed by atoms with van der Waals surface area (Å²) in [4.78, 5) is 22.4. The van der Waals surface area contributed by atoms with E-state index < -0.39 is 11.4 Å². The third kappa shape index (κ3) is 3.04. The van der Waals surface area contributed by atoms with Crippen LogP contribution in [0.3, 0.4) is 0 Å². The fourth-order valence-electron chi connectivity index (χ4n) is 11.0. The van der Waals surface area contributed by atoms with Gasteiger partial charge >= 0.3 is 5.97 Å². The molecule has 5 nitrogen and oxygen atoms in total. The van der Waals surface area contributed by atoms with Crippen molar-refractivity contribution in [3.05, 3.63) is 35.4 Å². The van der Waals surface area contributed by atoms with Gasteiger partial charge in [0.2, 0.25) is 0 Å². The lowest BCUT2D eigenvalue weighted by atomic mass is 9.33. The van der Waals surface area contributed by atoms with E-state index >= 15 is 0 Å². The Hall–Kier alpha value is -1.75. The molecule has 0 saturated heterocycles. The van der Waals surface area contributed by atoms with E-state index in [9.17, 15) is 15.0 Å². The van der Waals surface area contributed by atoms with Gasteiger partial charge in [-0.25, -0.2) is 0 Å². The summed E-state index contributed by atoms with van der Waals surface area (Å²) in [7, 11) is 0. The van der Waals surface area contributed by atoms with Gasteiger partial charge in [-0.15, -0.1) is 0 Å². The lowest BCUT2D eigenvalue weighted by molar-refractivity contribution is -0.179. The summed E-state index contributed by atoms with van der Waals surface area (Å²) in [6.07, 6.45) is 14.7. The van der Waals surface area contributed by atoms with Gasteiger partial charge in [0.05, 0.1) is 23.4 Å². The Morgan fingerprint density at radius 3 is 2.38 bits per heavy atom. The monoisotopic (exact) mass is 506 g/mol. The first-order valence-electron chi connectivity index (χ1n) is 14.6. The van der Waals surface area contributed by atoms with Crippen molar-refractivity contribution in [3.8, 4) is 0 Å². The van der Waals surface area contributed by atoms with Gasteiger partial charge in [0.25, 0.3) is 0 Å². The maximum atomic E-state index is 12.9. The zero-order valence-electron chi connectivity index (χ0n) is 23.7. The first-order valence-corrected chi connectivity index (χ1v) is 14.6.